The molecule has 0 aliphatic heterocycles. The topological polar surface area (TPSA) is 70.1 Å². The molecule has 5 nitrogen and oxygen atoms in total. The number of aromatic nitrogens is 2. The normalized spacial score (nSPS) is 14.1. The van der Waals surface area contributed by atoms with Crippen molar-refractivity contribution >= 4 is 17.0 Å². The fraction of sp³-hybridized carbons (Fsp3) is 0.500. The van der Waals surface area contributed by atoms with Crippen LogP contribution in [0.2, 0.25) is 0 Å². The number of nitrogens with two attached hydrogens (primary N) is 1. The summed E-state index contributed by atoms with van der Waals surface area (Å²) in [6, 6.07) is 8.04. The smallest absolute Gasteiger partial charge is 0.325 e. The van der Waals surface area contributed by atoms with Crippen molar-refractivity contribution in [1.29, 1.82) is 0 Å². The molecule has 2 rings (SSSR count). The number of esters is 1. The second-order valence-corrected chi connectivity index (χ2v) is 5.58. The van der Waals surface area contributed by atoms with Gasteiger partial charge in [0.1, 0.15) is 11.4 Å². The maximum atomic E-state index is 11.7. The molecule has 0 radical (unpaired) electrons. The van der Waals surface area contributed by atoms with Crippen LogP contribution in [0.15, 0.2) is 24.3 Å². The first-order valence-electron chi connectivity index (χ1n) is 7.31. The summed E-state index contributed by atoms with van der Waals surface area (Å²) in [6.45, 7) is 4.49. The van der Waals surface area contributed by atoms with Crippen LogP contribution in [0.3, 0.4) is 0 Å². The molecule has 0 aliphatic rings. The summed E-state index contributed by atoms with van der Waals surface area (Å²) in [6.07, 6.45) is 2.45. The molecule has 0 amide bonds. The fourth-order valence-electron chi connectivity index (χ4n) is 2.47. The Labute approximate surface area is 125 Å². The minimum absolute atomic E-state index is 0.385. The van der Waals surface area contributed by atoms with Crippen molar-refractivity contribution in [2.24, 2.45) is 5.73 Å². The Kier molecular flexibility index (Phi) is 4.63. The van der Waals surface area contributed by atoms with E-state index in [1.54, 1.807) is 6.92 Å². The van der Waals surface area contributed by atoms with E-state index in [9.17, 15) is 4.79 Å². The van der Waals surface area contributed by atoms with Gasteiger partial charge in [-0.1, -0.05) is 19.1 Å². The third-order valence-electron chi connectivity index (χ3n) is 3.71. The maximum absolute atomic E-state index is 11.7. The Morgan fingerprint density at radius 2 is 2.14 bits per heavy atom. The van der Waals surface area contributed by atoms with Crippen LogP contribution in [-0.4, -0.2) is 28.2 Å². The van der Waals surface area contributed by atoms with E-state index < -0.39 is 5.54 Å². The number of imidazole rings is 1. The summed E-state index contributed by atoms with van der Waals surface area (Å²) >= 11 is 0. The highest BCUT2D eigenvalue weighted by Crippen LogP contribution is 2.19. The molecule has 1 atom stereocenters. The zero-order chi connectivity index (χ0) is 15.5. The molecule has 114 valence electrons. The highest BCUT2D eigenvalue weighted by molar-refractivity contribution is 5.80. The number of para-hydroxylation sites is 2. The minimum Gasteiger partial charge on any atom is -0.468 e. The highest BCUT2D eigenvalue weighted by atomic mass is 16.5. The van der Waals surface area contributed by atoms with Gasteiger partial charge in [-0.15, -0.1) is 0 Å². The van der Waals surface area contributed by atoms with Crippen LogP contribution in [0.4, 0.5) is 0 Å². The standard InChI is InChI=1S/C16H23N3O2/c1-4-7-14-18-12-8-5-6-9-13(12)19(14)11-10-16(2,17)15(20)21-3/h5-6,8-9H,4,7,10-11,17H2,1-3H3. The summed E-state index contributed by atoms with van der Waals surface area (Å²) in [5.41, 5.74) is 7.13. The first-order chi connectivity index (χ1) is 9.99. The van der Waals surface area contributed by atoms with Crippen molar-refractivity contribution in [2.75, 3.05) is 7.11 Å². The maximum Gasteiger partial charge on any atom is 0.325 e. The van der Waals surface area contributed by atoms with Crippen LogP contribution in [-0.2, 0) is 22.5 Å². The molecule has 0 bridgehead atoms. The summed E-state index contributed by atoms with van der Waals surface area (Å²) in [5, 5.41) is 0. The first kappa shape index (κ1) is 15.5. The van der Waals surface area contributed by atoms with E-state index >= 15 is 0 Å². The molecular formula is C16H23N3O2. The molecule has 1 heterocycles. The number of fused-ring (bicyclic) bond motifs is 1. The van der Waals surface area contributed by atoms with Crippen molar-refractivity contribution in [3.05, 3.63) is 30.1 Å². The molecule has 2 N–H and O–H groups in total. The summed E-state index contributed by atoms with van der Waals surface area (Å²) in [7, 11) is 1.36. The van der Waals surface area contributed by atoms with E-state index in [1.165, 1.54) is 7.11 Å². The third kappa shape index (κ3) is 3.24. The lowest BCUT2D eigenvalue weighted by Crippen LogP contribution is -2.46. The molecule has 1 aromatic carbocycles. The van der Waals surface area contributed by atoms with Gasteiger partial charge in [-0.2, -0.15) is 0 Å². The van der Waals surface area contributed by atoms with Gasteiger partial charge in [0.2, 0.25) is 0 Å². The predicted molar refractivity (Wildman–Crippen MR) is 83.0 cm³/mol. The van der Waals surface area contributed by atoms with Gasteiger partial charge >= 0.3 is 5.97 Å². The van der Waals surface area contributed by atoms with E-state index in [2.05, 4.69) is 16.5 Å². The number of carbonyl (C=O) groups excluding carboxylic acids is 1. The molecule has 0 spiro atoms. The number of benzene rings is 1. The second kappa shape index (κ2) is 6.26. The SMILES string of the molecule is CCCc1nc2ccccc2n1CCC(C)(N)C(=O)OC. The van der Waals surface area contributed by atoms with Crippen molar-refractivity contribution in [3.63, 3.8) is 0 Å². The van der Waals surface area contributed by atoms with Crippen LogP contribution < -0.4 is 5.73 Å². The zero-order valence-electron chi connectivity index (χ0n) is 12.9. The van der Waals surface area contributed by atoms with Crippen LogP contribution in [0, 0.1) is 0 Å². The van der Waals surface area contributed by atoms with Crippen LogP contribution in [0.25, 0.3) is 11.0 Å². The van der Waals surface area contributed by atoms with Gasteiger partial charge < -0.3 is 15.0 Å². The van der Waals surface area contributed by atoms with Gasteiger partial charge in [-0.25, -0.2) is 4.98 Å². The third-order valence-corrected chi connectivity index (χ3v) is 3.71. The fourth-order valence-corrected chi connectivity index (χ4v) is 2.47. The lowest BCUT2D eigenvalue weighted by Gasteiger charge is -2.22. The number of carbonyl (C=O) groups is 1. The molecular weight excluding hydrogens is 266 g/mol. The van der Waals surface area contributed by atoms with Crippen molar-refractivity contribution in [1.82, 2.24) is 9.55 Å². The molecule has 0 saturated heterocycles. The number of nitrogens with zero attached hydrogens (tertiary/aromatic N) is 2. The summed E-state index contributed by atoms with van der Waals surface area (Å²) < 4.78 is 6.92. The van der Waals surface area contributed by atoms with Gasteiger partial charge in [-0.05, 0) is 31.9 Å². The van der Waals surface area contributed by atoms with Crippen molar-refractivity contribution in [3.8, 4) is 0 Å². The molecule has 1 aromatic heterocycles. The number of rotatable bonds is 6. The van der Waals surface area contributed by atoms with Crippen molar-refractivity contribution < 1.29 is 9.53 Å². The quantitative estimate of drug-likeness (QED) is 0.828. The Balaban J connectivity index is 2.28. The first-order valence-corrected chi connectivity index (χ1v) is 7.31. The zero-order valence-corrected chi connectivity index (χ0v) is 12.9. The molecule has 0 fully saturated rings. The Morgan fingerprint density at radius 3 is 2.81 bits per heavy atom. The lowest BCUT2D eigenvalue weighted by molar-refractivity contribution is -0.146. The van der Waals surface area contributed by atoms with E-state index in [1.807, 2.05) is 24.3 Å². The van der Waals surface area contributed by atoms with E-state index in [0.717, 1.165) is 29.7 Å². The molecule has 0 aliphatic carbocycles. The van der Waals surface area contributed by atoms with Gasteiger partial charge in [-0.3, -0.25) is 4.79 Å². The van der Waals surface area contributed by atoms with Gasteiger partial charge in [0.05, 0.1) is 18.1 Å². The summed E-state index contributed by atoms with van der Waals surface area (Å²) in [5.74, 6) is 0.656. The van der Waals surface area contributed by atoms with Crippen LogP contribution >= 0.6 is 0 Å². The van der Waals surface area contributed by atoms with Crippen molar-refractivity contribution in [2.45, 2.75) is 45.2 Å². The minimum atomic E-state index is -0.983. The van der Waals surface area contributed by atoms with E-state index in [0.29, 0.717) is 13.0 Å². The Morgan fingerprint density at radius 1 is 1.43 bits per heavy atom. The monoisotopic (exact) mass is 289 g/mol. The predicted octanol–water partition coefficient (Wildman–Crippen LogP) is 2.27. The summed E-state index contributed by atoms with van der Waals surface area (Å²) in [4.78, 5) is 16.4. The molecule has 5 heteroatoms. The van der Waals surface area contributed by atoms with E-state index in [4.69, 9.17) is 10.5 Å². The number of aryl methyl sites for hydroxylation is 2. The Hall–Kier alpha value is -1.88. The van der Waals surface area contributed by atoms with Gasteiger partial charge in [0, 0.05) is 13.0 Å². The average molecular weight is 289 g/mol. The molecule has 21 heavy (non-hydrogen) atoms. The lowest BCUT2D eigenvalue weighted by atomic mass is 9.99. The molecule has 1 unspecified atom stereocenters. The highest BCUT2D eigenvalue weighted by Gasteiger charge is 2.29. The second-order valence-electron chi connectivity index (χ2n) is 5.58. The average Bonchev–Trinajstić information content (AvgIpc) is 2.82. The largest absolute Gasteiger partial charge is 0.468 e. The van der Waals surface area contributed by atoms with Crippen LogP contribution in [0.5, 0.6) is 0 Å². The van der Waals surface area contributed by atoms with Gasteiger partial charge in [0.15, 0.2) is 0 Å². The van der Waals surface area contributed by atoms with Crippen LogP contribution in [0.1, 0.15) is 32.5 Å². The number of methoxy groups -OCH3 is 1. The number of hydrogen-bond donors (Lipinski definition) is 1. The number of ether oxygens (including phenoxy) is 1. The van der Waals surface area contributed by atoms with Gasteiger partial charge in [0.25, 0.3) is 0 Å². The van der Waals surface area contributed by atoms with E-state index in [-0.39, 0.29) is 5.97 Å². The molecule has 2 aromatic rings. The number of hydrogen-bond acceptors (Lipinski definition) is 4. The molecule has 0 saturated carbocycles. The Bertz CT molecular complexity index is 631.